The Morgan fingerprint density at radius 3 is 3.08 bits per heavy atom. The van der Waals surface area contributed by atoms with E-state index < -0.39 is 0 Å². The van der Waals surface area contributed by atoms with E-state index in [-0.39, 0.29) is 0 Å². The van der Waals surface area contributed by atoms with Crippen LogP contribution < -0.4 is 0 Å². The van der Waals surface area contributed by atoms with Gasteiger partial charge in [-0.1, -0.05) is 6.07 Å². The lowest BCUT2D eigenvalue weighted by Crippen LogP contribution is -1.83. The summed E-state index contributed by atoms with van der Waals surface area (Å²) in [6.07, 6.45) is 1.84. The highest BCUT2D eigenvalue weighted by Crippen LogP contribution is 2.12. The molecule has 58 valence electrons. The molecule has 3 heteroatoms. The van der Waals surface area contributed by atoms with Crippen LogP contribution >= 0.6 is 0 Å². The van der Waals surface area contributed by atoms with Crippen molar-refractivity contribution >= 4 is 5.52 Å². The second-order valence-corrected chi connectivity index (χ2v) is 2.60. The minimum absolute atomic E-state index is 0.663. The number of nitriles is 1. The Labute approximate surface area is 69.9 Å². The van der Waals surface area contributed by atoms with Crippen LogP contribution in [0.15, 0.2) is 24.4 Å². The Balaban J connectivity index is 2.93. The number of hydrogen-bond donors (Lipinski definition) is 0. The molecule has 0 atom stereocenters. The summed E-state index contributed by atoms with van der Waals surface area (Å²) in [5.74, 6) is 0. The zero-order valence-electron chi connectivity index (χ0n) is 6.65. The number of pyridine rings is 1. The standard InChI is InChI=1S/C9H7N3/c1-7-8(6-10)9-4-2-3-5-12(9)11-7/h2-5H,1H3. The second-order valence-electron chi connectivity index (χ2n) is 2.60. The van der Waals surface area contributed by atoms with Gasteiger partial charge in [0.1, 0.15) is 11.6 Å². The molecule has 0 spiro atoms. The second kappa shape index (κ2) is 2.35. The maximum Gasteiger partial charge on any atom is 0.103 e. The molecular weight excluding hydrogens is 150 g/mol. The molecule has 2 rings (SSSR count). The summed E-state index contributed by atoms with van der Waals surface area (Å²) < 4.78 is 1.72. The first kappa shape index (κ1) is 6.86. The van der Waals surface area contributed by atoms with Crippen molar-refractivity contribution in [3.05, 3.63) is 35.7 Å². The van der Waals surface area contributed by atoms with Gasteiger partial charge in [-0.25, -0.2) is 4.52 Å². The van der Waals surface area contributed by atoms with Crippen LogP contribution in [0.3, 0.4) is 0 Å². The maximum atomic E-state index is 8.80. The zero-order chi connectivity index (χ0) is 8.55. The number of hydrogen-bond acceptors (Lipinski definition) is 2. The van der Waals surface area contributed by atoms with Crippen LogP contribution in [-0.2, 0) is 0 Å². The van der Waals surface area contributed by atoms with Crippen molar-refractivity contribution in [2.75, 3.05) is 0 Å². The van der Waals surface area contributed by atoms with Crippen molar-refractivity contribution in [1.29, 1.82) is 5.26 Å². The molecular formula is C9H7N3. The monoisotopic (exact) mass is 157 g/mol. The fourth-order valence-electron chi connectivity index (χ4n) is 1.25. The molecule has 3 nitrogen and oxygen atoms in total. The third-order valence-corrected chi connectivity index (χ3v) is 1.83. The van der Waals surface area contributed by atoms with Crippen molar-refractivity contribution in [3.8, 4) is 6.07 Å². The maximum absolute atomic E-state index is 8.80. The van der Waals surface area contributed by atoms with E-state index >= 15 is 0 Å². The van der Waals surface area contributed by atoms with Gasteiger partial charge in [0.15, 0.2) is 0 Å². The smallest absolute Gasteiger partial charge is 0.103 e. The minimum Gasteiger partial charge on any atom is -0.239 e. The van der Waals surface area contributed by atoms with Crippen LogP contribution in [0.4, 0.5) is 0 Å². The quantitative estimate of drug-likeness (QED) is 0.581. The predicted octanol–water partition coefficient (Wildman–Crippen LogP) is 1.51. The van der Waals surface area contributed by atoms with Gasteiger partial charge in [-0.2, -0.15) is 10.4 Å². The lowest BCUT2D eigenvalue weighted by Gasteiger charge is -1.88. The number of aryl methyl sites for hydroxylation is 1. The van der Waals surface area contributed by atoms with E-state index in [0.717, 1.165) is 11.2 Å². The molecule has 12 heavy (non-hydrogen) atoms. The number of aromatic nitrogens is 2. The largest absolute Gasteiger partial charge is 0.239 e. The average molecular weight is 157 g/mol. The van der Waals surface area contributed by atoms with Gasteiger partial charge < -0.3 is 0 Å². The van der Waals surface area contributed by atoms with Crippen LogP contribution in [0.1, 0.15) is 11.3 Å². The number of rotatable bonds is 0. The topological polar surface area (TPSA) is 41.1 Å². The van der Waals surface area contributed by atoms with Crippen LogP contribution in [-0.4, -0.2) is 9.61 Å². The predicted molar refractivity (Wildman–Crippen MR) is 44.6 cm³/mol. The Hall–Kier alpha value is -1.82. The van der Waals surface area contributed by atoms with E-state index in [2.05, 4.69) is 11.2 Å². The van der Waals surface area contributed by atoms with Gasteiger partial charge in [0.25, 0.3) is 0 Å². The Morgan fingerprint density at radius 1 is 1.50 bits per heavy atom. The van der Waals surface area contributed by atoms with E-state index in [9.17, 15) is 0 Å². The van der Waals surface area contributed by atoms with Gasteiger partial charge in [-0.3, -0.25) is 0 Å². The molecule has 0 radical (unpaired) electrons. The Bertz CT molecular complexity index is 462. The Morgan fingerprint density at radius 2 is 2.33 bits per heavy atom. The summed E-state index contributed by atoms with van der Waals surface area (Å²) in [6.45, 7) is 1.84. The first-order valence-corrected chi connectivity index (χ1v) is 3.67. The molecule has 0 saturated carbocycles. The highest BCUT2D eigenvalue weighted by atomic mass is 15.2. The van der Waals surface area contributed by atoms with Gasteiger partial charge >= 0.3 is 0 Å². The van der Waals surface area contributed by atoms with Crippen LogP contribution in [0, 0.1) is 18.3 Å². The summed E-state index contributed by atoms with van der Waals surface area (Å²) in [5, 5.41) is 13.0. The fraction of sp³-hybridized carbons (Fsp3) is 0.111. The number of nitrogens with zero attached hydrogens (tertiary/aromatic N) is 3. The highest BCUT2D eigenvalue weighted by Gasteiger charge is 2.05. The minimum atomic E-state index is 0.663. The average Bonchev–Trinajstić information content (AvgIpc) is 2.40. The van der Waals surface area contributed by atoms with E-state index in [1.165, 1.54) is 0 Å². The van der Waals surface area contributed by atoms with Gasteiger partial charge in [0, 0.05) is 6.20 Å². The van der Waals surface area contributed by atoms with Crippen molar-refractivity contribution in [2.24, 2.45) is 0 Å². The normalized spacial score (nSPS) is 10.0. The van der Waals surface area contributed by atoms with E-state index in [4.69, 9.17) is 5.26 Å². The first-order chi connectivity index (χ1) is 5.83. The molecule has 0 saturated heterocycles. The summed E-state index contributed by atoms with van der Waals surface area (Å²) in [7, 11) is 0. The van der Waals surface area contributed by atoms with Crippen molar-refractivity contribution < 1.29 is 0 Å². The molecule has 0 amide bonds. The zero-order valence-corrected chi connectivity index (χ0v) is 6.65. The highest BCUT2D eigenvalue weighted by molar-refractivity contribution is 5.62. The molecule has 0 bridgehead atoms. The fourth-order valence-corrected chi connectivity index (χ4v) is 1.25. The van der Waals surface area contributed by atoms with Crippen LogP contribution in [0.2, 0.25) is 0 Å². The van der Waals surface area contributed by atoms with Crippen molar-refractivity contribution in [2.45, 2.75) is 6.92 Å². The third-order valence-electron chi connectivity index (χ3n) is 1.83. The van der Waals surface area contributed by atoms with Crippen molar-refractivity contribution in [3.63, 3.8) is 0 Å². The lowest BCUT2D eigenvalue weighted by atomic mass is 10.2. The molecule has 0 aliphatic heterocycles. The summed E-state index contributed by atoms with van der Waals surface area (Å²) in [6, 6.07) is 7.81. The molecule has 2 aromatic heterocycles. The molecule has 0 fully saturated rings. The van der Waals surface area contributed by atoms with E-state index in [1.807, 2.05) is 31.3 Å². The molecule has 2 aromatic rings. The molecule has 0 aliphatic rings. The summed E-state index contributed by atoms with van der Waals surface area (Å²) >= 11 is 0. The lowest BCUT2D eigenvalue weighted by molar-refractivity contribution is 0.934. The molecule has 2 heterocycles. The van der Waals surface area contributed by atoms with Crippen LogP contribution in [0.25, 0.3) is 5.52 Å². The molecule has 0 N–H and O–H groups in total. The van der Waals surface area contributed by atoms with Crippen molar-refractivity contribution in [1.82, 2.24) is 9.61 Å². The van der Waals surface area contributed by atoms with Gasteiger partial charge in [0.05, 0.1) is 11.2 Å². The van der Waals surface area contributed by atoms with E-state index in [0.29, 0.717) is 5.56 Å². The molecule has 0 unspecified atom stereocenters. The third kappa shape index (κ3) is 0.785. The molecule has 0 aliphatic carbocycles. The van der Waals surface area contributed by atoms with Gasteiger partial charge in [-0.05, 0) is 19.1 Å². The summed E-state index contributed by atoms with van der Waals surface area (Å²) in [4.78, 5) is 0. The SMILES string of the molecule is Cc1nn2ccccc2c1C#N. The van der Waals surface area contributed by atoms with E-state index in [1.54, 1.807) is 4.52 Å². The Kier molecular flexibility index (Phi) is 1.34. The summed E-state index contributed by atoms with van der Waals surface area (Å²) in [5.41, 5.74) is 2.32. The van der Waals surface area contributed by atoms with Crippen LogP contribution in [0.5, 0.6) is 0 Å². The van der Waals surface area contributed by atoms with Gasteiger partial charge in [-0.15, -0.1) is 0 Å². The van der Waals surface area contributed by atoms with Gasteiger partial charge in [0.2, 0.25) is 0 Å². The first-order valence-electron chi connectivity index (χ1n) is 3.67. The molecule has 0 aromatic carbocycles. The number of fused-ring (bicyclic) bond motifs is 1.